The number of nitriles is 1. The van der Waals surface area contributed by atoms with Gasteiger partial charge in [0.15, 0.2) is 6.61 Å². The molecule has 5 nitrogen and oxygen atoms in total. The Labute approximate surface area is 145 Å². The number of carbonyl (C=O) groups is 2. The lowest BCUT2D eigenvalue weighted by Crippen LogP contribution is -2.21. The van der Waals surface area contributed by atoms with Gasteiger partial charge in [0.1, 0.15) is 0 Å². The molecule has 116 valence electrons. The third-order valence-corrected chi connectivity index (χ3v) is 3.58. The average Bonchev–Trinajstić information content (AvgIpc) is 2.55. The number of halogens is 2. The van der Waals surface area contributed by atoms with E-state index in [4.69, 9.17) is 21.6 Å². The van der Waals surface area contributed by atoms with E-state index in [9.17, 15) is 9.59 Å². The van der Waals surface area contributed by atoms with Gasteiger partial charge in [0, 0.05) is 10.2 Å². The fourth-order valence-electron chi connectivity index (χ4n) is 1.73. The molecule has 0 heterocycles. The van der Waals surface area contributed by atoms with Crippen LogP contribution in [0.4, 0.5) is 5.69 Å². The molecule has 0 aliphatic carbocycles. The largest absolute Gasteiger partial charge is 0.452 e. The first-order chi connectivity index (χ1) is 11.0. The minimum absolute atomic E-state index is 0.167. The summed E-state index contributed by atoms with van der Waals surface area (Å²) in [4.78, 5) is 23.7. The summed E-state index contributed by atoms with van der Waals surface area (Å²) < 4.78 is 5.61. The molecule has 2 aromatic carbocycles. The van der Waals surface area contributed by atoms with Gasteiger partial charge in [-0.05, 0) is 36.4 Å². The van der Waals surface area contributed by atoms with Crippen molar-refractivity contribution in [3.63, 3.8) is 0 Å². The molecule has 7 heteroatoms. The van der Waals surface area contributed by atoms with Gasteiger partial charge in [0.25, 0.3) is 5.91 Å². The molecule has 0 fully saturated rings. The summed E-state index contributed by atoms with van der Waals surface area (Å²) in [5.74, 6) is -1.21. The van der Waals surface area contributed by atoms with Gasteiger partial charge in [-0.25, -0.2) is 4.79 Å². The molecule has 0 saturated heterocycles. The van der Waals surface area contributed by atoms with Gasteiger partial charge in [-0.3, -0.25) is 4.79 Å². The van der Waals surface area contributed by atoms with E-state index >= 15 is 0 Å². The Morgan fingerprint density at radius 3 is 2.78 bits per heavy atom. The Hall–Kier alpha value is -2.36. The van der Waals surface area contributed by atoms with Crippen LogP contribution in [0.3, 0.4) is 0 Å². The van der Waals surface area contributed by atoms with Crippen LogP contribution in [-0.2, 0) is 9.53 Å². The normalized spacial score (nSPS) is 9.78. The quantitative estimate of drug-likeness (QED) is 0.802. The second-order valence-corrected chi connectivity index (χ2v) is 5.76. The van der Waals surface area contributed by atoms with Gasteiger partial charge in [-0.1, -0.05) is 33.6 Å². The Morgan fingerprint density at radius 1 is 1.26 bits per heavy atom. The molecule has 0 aliphatic rings. The lowest BCUT2D eigenvalue weighted by Gasteiger charge is -2.08. The number of hydrogen-bond acceptors (Lipinski definition) is 4. The summed E-state index contributed by atoms with van der Waals surface area (Å²) in [5.41, 5.74) is 1.03. The van der Waals surface area contributed by atoms with Crippen molar-refractivity contribution in [2.75, 3.05) is 11.9 Å². The highest BCUT2D eigenvalue weighted by molar-refractivity contribution is 9.10. The SMILES string of the molecule is N#Cc1cccc(NC(=O)COC(=O)c2cc(Br)ccc2Cl)c1. The molecule has 0 radical (unpaired) electrons. The molecule has 0 atom stereocenters. The standard InChI is InChI=1S/C16H10BrClN2O3/c17-11-4-5-14(18)13(7-11)16(22)23-9-15(21)20-12-3-1-2-10(6-12)8-19/h1-7H,9H2,(H,20,21). The van der Waals surface area contributed by atoms with Crippen molar-refractivity contribution in [2.24, 2.45) is 0 Å². The molecule has 0 spiro atoms. The Balaban J connectivity index is 1.95. The first-order valence-electron chi connectivity index (χ1n) is 6.42. The third kappa shape index (κ3) is 4.81. The fraction of sp³-hybridized carbons (Fsp3) is 0.0625. The summed E-state index contributed by atoms with van der Waals surface area (Å²) >= 11 is 9.15. The molecule has 0 aromatic heterocycles. The number of rotatable bonds is 4. The number of carbonyl (C=O) groups excluding carboxylic acids is 2. The van der Waals surface area contributed by atoms with Gasteiger partial charge in [0.05, 0.1) is 22.2 Å². The first-order valence-corrected chi connectivity index (χ1v) is 7.59. The number of benzene rings is 2. The van der Waals surface area contributed by atoms with E-state index in [1.807, 2.05) is 6.07 Å². The zero-order chi connectivity index (χ0) is 16.8. The third-order valence-electron chi connectivity index (χ3n) is 2.76. The topological polar surface area (TPSA) is 79.2 Å². The second kappa shape index (κ2) is 7.77. The van der Waals surface area contributed by atoms with Crippen molar-refractivity contribution in [1.29, 1.82) is 5.26 Å². The maximum Gasteiger partial charge on any atom is 0.340 e. The van der Waals surface area contributed by atoms with Gasteiger partial charge in [-0.15, -0.1) is 0 Å². The number of amides is 1. The monoisotopic (exact) mass is 392 g/mol. The van der Waals surface area contributed by atoms with Crippen LogP contribution in [-0.4, -0.2) is 18.5 Å². The number of ether oxygens (including phenoxy) is 1. The zero-order valence-corrected chi connectivity index (χ0v) is 14.0. The van der Waals surface area contributed by atoms with Crippen LogP contribution in [0.15, 0.2) is 46.9 Å². The minimum atomic E-state index is -0.697. The molecule has 0 unspecified atom stereocenters. The molecule has 0 saturated carbocycles. The predicted molar refractivity (Wildman–Crippen MR) is 89.2 cm³/mol. The summed E-state index contributed by atoms with van der Waals surface area (Å²) in [6, 6.07) is 13.1. The summed E-state index contributed by atoms with van der Waals surface area (Å²) in [6.45, 7) is -0.460. The van der Waals surface area contributed by atoms with Gasteiger partial charge in [-0.2, -0.15) is 5.26 Å². The fourth-order valence-corrected chi connectivity index (χ4v) is 2.28. The summed E-state index contributed by atoms with van der Waals surface area (Å²) in [5, 5.41) is 11.6. The van der Waals surface area contributed by atoms with Crippen LogP contribution < -0.4 is 5.32 Å². The molecule has 1 N–H and O–H groups in total. The van der Waals surface area contributed by atoms with Crippen molar-refractivity contribution in [3.05, 3.63) is 63.1 Å². The lowest BCUT2D eigenvalue weighted by molar-refractivity contribution is -0.119. The number of nitrogens with zero attached hydrogens (tertiary/aromatic N) is 1. The molecule has 2 rings (SSSR count). The predicted octanol–water partition coefficient (Wildman–Crippen LogP) is 3.77. The van der Waals surface area contributed by atoms with Crippen LogP contribution in [0.2, 0.25) is 5.02 Å². The number of esters is 1. The van der Waals surface area contributed by atoms with Crippen LogP contribution in [0.5, 0.6) is 0 Å². The number of anilines is 1. The van der Waals surface area contributed by atoms with E-state index in [0.29, 0.717) is 15.7 Å². The second-order valence-electron chi connectivity index (χ2n) is 4.44. The summed E-state index contributed by atoms with van der Waals surface area (Å²) in [6.07, 6.45) is 0. The number of nitrogens with one attached hydrogen (secondary N) is 1. The molecule has 0 bridgehead atoms. The highest BCUT2D eigenvalue weighted by atomic mass is 79.9. The van der Waals surface area contributed by atoms with Crippen molar-refractivity contribution >= 4 is 45.1 Å². The lowest BCUT2D eigenvalue weighted by atomic mass is 10.2. The van der Waals surface area contributed by atoms with Crippen LogP contribution >= 0.6 is 27.5 Å². The van der Waals surface area contributed by atoms with E-state index in [-0.39, 0.29) is 10.6 Å². The highest BCUT2D eigenvalue weighted by Gasteiger charge is 2.14. The van der Waals surface area contributed by atoms with E-state index < -0.39 is 18.5 Å². The van der Waals surface area contributed by atoms with Gasteiger partial charge >= 0.3 is 5.97 Å². The maximum atomic E-state index is 11.9. The van der Waals surface area contributed by atoms with Crippen molar-refractivity contribution in [1.82, 2.24) is 0 Å². The Kier molecular flexibility index (Phi) is 5.74. The van der Waals surface area contributed by atoms with Crippen molar-refractivity contribution in [3.8, 4) is 6.07 Å². The van der Waals surface area contributed by atoms with Crippen LogP contribution in [0.1, 0.15) is 15.9 Å². The Morgan fingerprint density at radius 2 is 2.04 bits per heavy atom. The van der Waals surface area contributed by atoms with Crippen LogP contribution in [0.25, 0.3) is 0 Å². The zero-order valence-electron chi connectivity index (χ0n) is 11.7. The molecular formula is C16H10BrClN2O3. The smallest absolute Gasteiger partial charge is 0.340 e. The Bertz CT molecular complexity index is 802. The maximum absolute atomic E-state index is 11.9. The number of hydrogen-bond donors (Lipinski definition) is 1. The van der Waals surface area contributed by atoms with Gasteiger partial charge in [0.2, 0.25) is 0 Å². The first kappa shape index (κ1) is 17.0. The molecular weight excluding hydrogens is 384 g/mol. The molecule has 23 heavy (non-hydrogen) atoms. The van der Waals surface area contributed by atoms with Crippen molar-refractivity contribution in [2.45, 2.75) is 0 Å². The van der Waals surface area contributed by atoms with Gasteiger partial charge < -0.3 is 10.1 Å². The van der Waals surface area contributed by atoms with E-state index in [0.717, 1.165) is 0 Å². The average molecular weight is 394 g/mol. The van der Waals surface area contributed by atoms with E-state index in [2.05, 4.69) is 21.2 Å². The van der Waals surface area contributed by atoms with E-state index in [1.54, 1.807) is 30.3 Å². The van der Waals surface area contributed by atoms with Crippen LogP contribution in [0, 0.1) is 11.3 Å². The highest BCUT2D eigenvalue weighted by Crippen LogP contribution is 2.21. The van der Waals surface area contributed by atoms with E-state index in [1.165, 1.54) is 12.1 Å². The molecule has 1 amide bonds. The molecule has 2 aromatic rings. The minimum Gasteiger partial charge on any atom is -0.452 e. The summed E-state index contributed by atoms with van der Waals surface area (Å²) in [7, 11) is 0. The molecule has 0 aliphatic heterocycles. The van der Waals surface area contributed by atoms with Crippen molar-refractivity contribution < 1.29 is 14.3 Å².